The number of esters is 1. The third kappa shape index (κ3) is 3.46. The molecule has 0 amide bonds. The highest BCUT2D eigenvalue weighted by Gasteiger charge is 2.12. The lowest BCUT2D eigenvalue weighted by molar-refractivity contribution is 0.0485. The Morgan fingerprint density at radius 2 is 2.19 bits per heavy atom. The van der Waals surface area contributed by atoms with E-state index in [1.165, 1.54) is 12.1 Å². The van der Waals surface area contributed by atoms with Crippen LogP contribution in [0.1, 0.15) is 30.6 Å². The highest BCUT2D eigenvalue weighted by atomic mass is 16.5. The molecule has 0 unspecified atom stereocenters. The van der Waals surface area contributed by atoms with Crippen molar-refractivity contribution in [2.45, 2.75) is 20.3 Å². The zero-order valence-corrected chi connectivity index (χ0v) is 9.56. The highest BCUT2D eigenvalue weighted by molar-refractivity contribution is 5.92. The number of phenols is 1. The first-order chi connectivity index (χ1) is 7.50. The number of carbonyl (C=O) groups is 1. The molecule has 0 bridgehead atoms. The molecule has 4 nitrogen and oxygen atoms in total. The van der Waals surface area contributed by atoms with Crippen LogP contribution >= 0.6 is 0 Å². The zero-order valence-electron chi connectivity index (χ0n) is 9.56. The lowest BCUT2D eigenvalue weighted by Crippen LogP contribution is -2.08. The van der Waals surface area contributed by atoms with Crippen molar-refractivity contribution in [1.29, 1.82) is 0 Å². The van der Waals surface area contributed by atoms with Crippen molar-refractivity contribution in [1.82, 2.24) is 0 Å². The standard InChI is InChI=1S/C12H17NO3/c1-8(2)5-6-16-12(15)10-4-3-9(13)7-11(10)14/h3-4,7-8,14H,5-6,13H2,1-2H3. The number of hydrogen-bond donors (Lipinski definition) is 2. The minimum absolute atomic E-state index is 0.144. The summed E-state index contributed by atoms with van der Waals surface area (Å²) in [6.07, 6.45) is 0.807. The average Bonchev–Trinajstić information content (AvgIpc) is 2.16. The summed E-state index contributed by atoms with van der Waals surface area (Å²) in [7, 11) is 0. The minimum Gasteiger partial charge on any atom is -0.507 e. The van der Waals surface area contributed by atoms with Gasteiger partial charge < -0.3 is 15.6 Å². The Labute approximate surface area is 95.0 Å². The van der Waals surface area contributed by atoms with E-state index in [1.54, 1.807) is 6.07 Å². The second kappa shape index (κ2) is 5.39. The molecule has 0 aliphatic carbocycles. The molecule has 0 fully saturated rings. The highest BCUT2D eigenvalue weighted by Crippen LogP contribution is 2.20. The summed E-state index contributed by atoms with van der Waals surface area (Å²) in [5, 5.41) is 9.49. The monoisotopic (exact) mass is 223 g/mol. The van der Waals surface area contributed by atoms with Gasteiger partial charge in [0.1, 0.15) is 11.3 Å². The maximum atomic E-state index is 11.5. The lowest BCUT2D eigenvalue weighted by atomic mass is 10.1. The normalized spacial score (nSPS) is 10.4. The van der Waals surface area contributed by atoms with E-state index in [0.29, 0.717) is 18.2 Å². The Morgan fingerprint density at radius 1 is 1.50 bits per heavy atom. The van der Waals surface area contributed by atoms with Gasteiger partial charge in [0.25, 0.3) is 0 Å². The quantitative estimate of drug-likeness (QED) is 0.606. The molecule has 0 saturated carbocycles. The van der Waals surface area contributed by atoms with Gasteiger partial charge in [0.15, 0.2) is 0 Å². The Hall–Kier alpha value is -1.71. The fourth-order valence-electron chi connectivity index (χ4n) is 1.19. The Morgan fingerprint density at radius 3 is 2.75 bits per heavy atom. The van der Waals surface area contributed by atoms with E-state index in [-0.39, 0.29) is 11.3 Å². The van der Waals surface area contributed by atoms with Crippen LogP contribution in [0.3, 0.4) is 0 Å². The van der Waals surface area contributed by atoms with E-state index in [9.17, 15) is 9.90 Å². The van der Waals surface area contributed by atoms with Crippen molar-refractivity contribution in [3.05, 3.63) is 23.8 Å². The van der Waals surface area contributed by atoms with Crippen molar-refractivity contribution >= 4 is 11.7 Å². The molecule has 1 aromatic rings. The first kappa shape index (κ1) is 12.4. The van der Waals surface area contributed by atoms with Crippen molar-refractivity contribution in [3.63, 3.8) is 0 Å². The lowest BCUT2D eigenvalue weighted by Gasteiger charge is -2.08. The molecule has 3 N–H and O–H groups in total. The van der Waals surface area contributed by atoms with E-state index >= 15 is 0 Å². The summed E-state index contributed by atoms with van der Waals surface area (Å²) in [6.45, 7) is 4.46. The van der Waals surface area contributed by atoms with Gasteiger partial charge in [-0.3, -0.25) is 0 Å². The number of nitrogens with two attached hydrogens (primary N) is 1. The molecule has 16 heavy (non-hydrogen) atoms. The number of hydrogen-bond acceptors (Lipinski definition) is 4. The molecule has 1 aromatic carbocycles. The first-order valence-corrected chi connectivity index (χ1v) is 5.26. The summed E-state index contributed by atoms with van der Waals surface area (Å²) in [6, 6.07) is 4.35. The van der Waals surface area contributed by atoms with Crippen LogP contribution in [-0.4, -0.2) is 17.7 Å². The van der Waals surface area contributed by atoms with Crippen molar-refractivity contribution in [2.75, 3.05) is 12.3 Å². The summed E-state index contributed by atoms with van der Waals surface area (Å²) in [4.78, 5) is 11.5. The molecule has 0 aliphatic rings. The van der Waals surface area contributed by atoms with Gasteiger partial charge in [-0.05, 0) is 24.5 Å². The van der Waals surface area contributed by atoms with Gasteiger partial charge in [0.2, 0.25) is 0 Å². The Balaban J connectivity index is 2.59. The number of benzene rings is 1. The van der Waals surface area contributed by atoms with E-state index in [4.69, 9.17) is 10.5 Å². The maximum absolute atomic E-state index is 11.5. The van der Waals surface area contributed by atoms with E-state index in [1.807, 2.05) is 0 Å². The number of aromatic hydroxyl groups is 1. The van der Waals surface area contributed by atoms with Crippen LogP contribution in [-0.2, 0) is 4.74 Å². The number of ether oxygens (including phenoxy) is 1. The van der Waals surface area contributed by atoms with Gasteiger partial charge in [0.05, 0.1) is 6.61 Å². The van der Waals surface area contributed by atoms with E-state index in [0.717, 1.165) is 6.42 Å². The van der Waals surface area contributed by atoms with Crippen LogP contribution in [0.15, 0.2) is 18.2 Å². The summed E-state index contributed by atoms with van der Waals surface area (Å²) < 4.78 is 5.02. The van der Waals surface area contributed by atoms with E-state index < -0.39 is 5.97 Å². The smallest absolute Gasteiger partial charge is 0.341 e. The molecular weight excluding hydrogens is 206 g/mol. The number of nitrogen functional groups attached to an aromatic ring is 1. The van der Waals surface area contributed by atoms with Crippen LogP contribution < -0.4 is 5.73 Å². The van der Waals surface area contributed by atoms with Gasteiger partial charge >= 0.3 is 5.97 Å². The van der Waals surface area contributed by atoms with Crippen LogP contribution in [0, 0.1) is 5.92 Å². The summed E-state index contributed by atoms with van der Waals surface area (Å²) >= 11 is 0. The van der Waals surface area contributed by atoms with Gasteiger partial charge in [-0.25, -0.2) is 4.79 Å². The second-order valence-electron chi connectivity index (χ2n) is 4.10. The molecule has 1 rings (SSSR count). The predicted octanol–water partition coefficient (Wildman–Crippen LogP) is 2.18. The third-order valence-electron chi connectivity index (χ3n) is 2.17. The maximum Gasteiger partial charge on any atom is 0.341 e. The largest absolute Gasteiger partial charge is 0.507 e. The van der Waals surface area contributed by atoms with Crippen LogP contribution in [0.25, 0.3) is 0 Å². The van der Waals surface area contributed by atoms with Gasteiger partial charge in [0, 0.05) is 11.8 Å². The van der Waals surface area contributed by atoms with Crippen LogP contribution in [0.4, 0.5) is 5.69 Å². The topological polar surface area (TPSA) is 72.5 Å². The molecule has 88 valence electrons. The van der Waals surface area contributed by atoms with Crippen molar-refractivity contribution in [2.24, 2.45) is 5.92 Å². The Kier molecular flexibility index (Phi) is 4.17. The molecule has 0 spiro atoms. The number of anilines is 1. The fourth-order valence-corrected chi connectivity index (χ4v) is 1.19. The first-order valence-electron chi connectivity index (χ1n) is 5.26. The Bertz CT molecular complexity index is 375. The van der Waals surface area contributed by atoms with Crippen LogP contribution in [0.2, 0.25) is 0 Å². The zero-order chi connectivity index (χ0) is 12.1. The molecular formula is C12H17NO3. The molecule has 4 heteroatoms. The molecule has 0 aliphatic heterocycles. The van der Waals surface area contributed by atoms with E-state index in [2.05, 4.69) is 13.8 Å². The average molecular weight is 223 g/mol. The molecule has 0 heterocycles. The van der Waals surface area contributed by atoms with Gasteiger partial charge in [-0.1, -0.05) is 13.8 Å². The minimum atomic E-state index is -0.516. The van der Waals surface area contributed by atoms with Crippen molar-refractivity contribution < 1.29 is 14.6 Å². The molecule has 0 saturated heterocycles. The van der Waals surface area contributed by atoms with Gasteiger partial charge in [-0.2, -0.15) is 0 Å². The number of phenolic OH excluding ortho intramolecular Hbond substituents is 1. The number of rotatable bonds is 4. The molecule has 0 aromatic heterocycles. The second-order valence-corrected chi connectivity index (χ2v) is 4.10. The SMILES string of the molecule is CC(C)CCOC(=O)c1ccc(N)cc1O. The fraction of sp³-hybridized carbons (Fsp3) is 0.417. The number of carbonyl (C=O) groups excluding carboxylic acids is 1. The summed E-state index contributed by atoms with van der Waals surface area (Å²) in [5.74, 6) is -0.180. The third-order valence-corrected chi connectivity index (χ3v) is 2.17. The predicted molar refractivity (Wildman–Crippen MR) is 62.3 cm³/mol. The van der Waals surface area contributed by atoms with Gasteiger partial charge in [-0.15, -0.1) is 0 Å². The molecule has 0 radical (unpaired) electrons. The van der Waals surface area contributed by atoms with Crippen LogP contribution in [0.5, 0.6) is 5.75 Å². The summed E-state index contributed by atoms with van der Waals surface area (Å²) in [5.41, 5.74) is 6.02. The molecule has 0 atom stereocenters. The van der Waals surface area contributed by atoms with Crippen molar-refractivity contribution in [3.8, 4) is 5.75 Å².